The van der Waals surface area contributed by atoms with Gasteiger partial charge in [0.2, 0.25) is 0 Å². The van der Waals surface area contributed by atoms with Crippen molar-refractivity contribution in [3.63, 3.8) is 0 Å². The fourth-order valence-electron chi connectivity index (χ4n) is 1.50. The number of hydrogen-bond donors (Lipinski definition) is 2. The number of carbonyl (C=O) groups is 1. The predicted octanol–water partition coefficient (Wildman–Crippen LogP) is 0.782. The maximum Gasteiger partial charge on any atom is 0.276 e. The first-order valence-corrected chi connectivity index (χ1v) is 5.06. The third kappa shape index (κ3) is 2.60. The molecular weight excluding hydrogens is 220 g/mol. The number of rotatable bonds is 3. The minimum absolute atomic E-state index is 0.185. The van der Waals surface area contributed by atoms with E-state index >= 15 is 0 Å². The molecule has 2 rings (SSSR count). The Morgan fingerprint density at radius 1 is 1.53 bits per heavy atom. The SMILES string of the molecule is CN(Cc1cccc(O)c1)C(=O)c1cn[nH]n1. The van der Waals surface area contributed by atoms with Crippen molar-refractivity contribution in [1.82, 2.24) is 20.3 Å². The molecule has 88 valence electrons. The monoisotopic (exact) mass is 232 g/mol. The van der Waals surface area contributed by atoms with Crippen LogP contribution in [0.25, 0.3) is 0 Å². The van der Waals surface area contributed by atoms with Crippen LogP contribution in [0.4, 0.5) is 0 Å². The quantitative estimate of drug-likeness (QED) is 0.819. The summed E-state index contributed by atoms with van der Waals surface area (Å²) in [5, 5.41) is 19.0. The number of benzene rings is 1. The average Bonchev–Trinajstić information content (AvgIpc) is 2.81. The molecule has 0 bridgehead atoms. The Labute approximate surface area is 97.9 Å². The molecule has 0 aliphatic rings. The molecule has 0 fully saturated rings. The van der Waals surface area contributed by atoms with E-state index in [0.29, 0.717) is 6.54 Å². The van der Waals surface area contributed by atoms with Crippen LogP contribution in [0.5, 0.6) is 5.75 Å². The Kier molecular flexibility index (Phi) is 3.04. The topological polar surface area (TPSA) is 82.1 Å². The minimum Gasteiger partial charge on any atom is -0.508 e. The Hall–Kier alpha value is -2.37. The number of nitrogens with one attached hydrogen (secondary N) is 1. The van der Waals surface area contributed by atoms with Gasteiger partial charge in [-0.3, -0.25) is 4.79 Å². The molecule has 6 nitrogen and oxygen atoms in total. The highest BCUT2D eigenvalue weighted by Gasteiger charge is 2.14. The smallest absolute Gasteiger partial charge is 0.276 e. The first-order valence-electron chi connectivity index (χ1n) is 5.06. The first-order chi connectivity index (χ1) is 8.16. The standard InChI is InChI=1S/C11H12N4O2/c1-15(11(17)10-6-12-14-13-10)7-8-3-2-4-9(16)5-8/h2-6,16H,7H2,1H3,(H,12,13,14). The van der Waals surface area contributed by atoms with Gasteiger partial charge >= 0.3 is 0 Å². The molecule has 2 N–H and O–H groups in total. The molecule has 0 saturated carbocycles. The van der Waals surface area contributed by atoms with Crippen molar-refractivity contribution in [2.24, 2.45) is 0 Å². The van der Waals surface area contributed by atoms with E-state index in [4.69, 9.17) is 0 Å². The Morgan fingerprint density at radius 3 is 3.00 bits per heavy atom. The van der Waals surface area contributed by atoms with Crippen LogP contribution in [0, 0.1) is 0 Å². The van der Waals surface area contributed by atoms with Gasteiger partial charge in [0.05, 0.1) is 6.20 Å². The van der Waals surface area contributed by atoms with Gasteiger partial charge in [-0.1, -0.05) is 12.1 Å². The van der Waals surface area contributed by atoms with Crippen molar-refractivity contribution in [1.29, 1.82) is 0 Å². The molecule has 6 heteroatoms. The van der Waals surface area contributed by atoms with E-state index in [1.54, 1.807) is 25.2 Å². The van der Waals surface area contributed by atoms with Crippen molar-refractivity contribution in [2.75, 3.05) is 7.05 Å². The van der Waals surface area contributed by atoms with Gasteiger partial charge in [0.25, 0.3) is 5.91 Å². The van der Waals surface area contributed by atoms with E-state index in [2.05, 4.69) is 15.4 Å². The van der Waals surface area contributed by atoms with Gasteiger partial charge < -0.3 is 10.0 Å². The summed E-state index contributed by atoms with van der Waals surface area (Å²) < 4.78 is 0. The molecule has 0 atom stereocenters. The molecule has 1 amide bonds. The van der Waals surface area contributed by atoms with E-state index in [-0.39, 0.29) is 17.4 Å². The van der Waals surface area contributed by atoms with Crippen molar-refractivity contribution in [3.8, 4) is 5.75 Å². The number of phenols is 1. The van der Waals surface area contributed by atoms with Gasteiger partial charge in [-0.25, -0.2) is 0 Å². The summed E-state index contributed by atoms with van der Waals surface area (Å²) in [7, 11) is 1.67. The molecule has 0 saturated heterocycles. The number of nitrogens with zero attached hydrogens (tertiary/aromatic N) is 3. The average molecular weight is 232 g/mol. The molecule has 1 aromatic heterocycles. The number of aromatic hydroxyl groups is 1. The number of aromatic nitrogens is 3. The zero-order chi connectivity index (χ0) is 12.3. The molecule has 17 heavy (non-hydrogen) atoms. The minimum atomic E-state index is -0.220. The maximum atomic E-state index is 11.8. The highest BCUT2D eigenvalue weighted by Crippen LogP contribution is 2.13. The summed E-state index contributed by atoms with van der Waals surface area (Å²) in [5.41, 5.74) is 1.12. The fourth-order valence-corrected chi connectivity index (χ4v) is 1.50. The Morgan fingerprint density at radius 2 is 2.35 bits per heavy atom. The van der Waals surface area contributed by atoms with Gasteiger partial charge in [0.1, 0.15) is 5.75 Å². The summed E-state index contributed by atoms with van der Waals surface area (Å²) in [6, 6.07) is 6.78. The normalized spacial score (nSPS) is 10.2. The van der Waals surface area contributed by atoms with Crippen LogP contribution < -0.4 is 0 Å². The summed E-state index contributed by atoms with van der Waals surface area (Å²) >= 11 is 0. The van der Waals surface area contributed by atoms with Crippen LogP contribution in [0.15, 0.2) is 30.5 Å². The molecule has 0 aliphatic heterocycles. The third-order valence-corrected chi connectivity index (χ3v) is 2.31. The summed E-state index contributed by atoms with van der Waals surface area (Å²) in [5.74, 6) is -0.0353. The van der Waals surface area contributed by atoms with Crippen LogP contribution in [0.3, 0.4) is 0 Å². The van der Waals surface area contributed by atoms with Crippen molar-refractivity contribution < 1.29 is 9.90 Å². The Bertz CT molecular complexity index is 510. The lowest BCUT2D eigenvalue weighted by Gasteiger charge is -2.15. The van der Waals surface area contributed by atoms with Crippen LogP contribution in [-0.4, -0.2) is 38.4 Å². The second-order valence-electron chi connectivity index (χ2n) is 3.69. The second-order valence-corrected chi connectivity index (χ2v) is 3.69. The molecule has 0 radical (unpaired) electrons. The van der Waals surface area contributed by atoms with Gasteiger partial charge in [0, 0.05) is 13.6 Å². The van der Waals surface area contributed by atoms with Gasteiger partial charge in [-0.2, -0.15) is 15.4 Å². The number of carbonyl (C=O) groups excluding carboxylic acids is 1. The zero-order valence-corrected chi connectivity index (χ0v) is 9.29. The third-order valence-electron chi connectivity index (χ3n) is 2.31. The lowest BCUT2D eigenvalue weighted by Crippen LogP contribution is -2.26. The fraction of sp³-hybridized carbons (Fsp3) is 0.182. The number of aromatic amines is 1. The van der Waals surface area contributed by atoms with Gasteiger partial charge in [-0.15, -0.1) is 0 Å². The second kappa shape index (κ2) is 4.65. The van der Waals surface area contributed by atoms with Crippen molar-refractivity contribution in [3.05, 3.63) is 41.7 Å². The lowest BCUT2D eigenvalue weighted by atomic mass is 10.2. The lowest BCUT2D eigenvalue weighted by molar-refractivity contribution is 0.0779. The van der Waals surface area contributed by atoms with Gasteiger partial charge in [0.15, 0.2) is 5.69 Å². The van der Waals surface area contributed by atoms with Crippen LogP contribution in [0.1, 0.15) is 16.1 Å². The highest BCUT2D eigenvalue weighted by molar-refractivity contribution is 5.91. The number of hydrogen-bond acceptors (Lipinski definition) is 4. The zero-order valence-electron chi connectivity index (χ0n) is 9.29. The van der Waals surface area contributed by atoms with Gasteiger partial charge in [-0.05, 0) is 17.7 Å². The largest absolute Gasteiger partial charge is 0.508 e. The van der Waals surface area contributed by atoms with E-state index in [1.165, 1.54) is 11.1 Å². The molecule has 0 spiro atoms. The maximum absolute atomic E-state index is 11.8. The number of H-pyrrole nitrogens is 1. The molecule has 2 aromatic rings. The molecular formula is C11H12N4O2. The Balaban J connectivity index is 2.07. The van der Waals surface area contributed by atoms with E-state index in [0.717, 1.165) is 5.56 Å². The number of amides is 1. The van der Waals surface area contributed by atoms with Crippen LogP contribution >= 0.6 is 0 Å². The molecule has 0 aliphatic carbocycles. The predicted molar refractivity (Wildman–Crippen MR) is 60.3 cm³/mol. The highest BCUT2D eigenvalue weighted by atomic mass is 16.3. The number of phenolic OH excluding ortho intramolecular Hbond substituents is 1. The first kappa shape index (κ1) is 11.1. The van der Waals surface area contributed by atoms with Crippen LogP contribution in [0.2, 0.25) is 0 Å². The molecule has 0 unspecified atom stereocenters. The summed E-state index contributed by atoms with van der Waals surface area (Å²) in [4.78, 5) is 13.3. The summed E-state index contributed by atoms with van der Waals surface area (Å²) in [6.07, 6.45) is 1.38. The molecule has 1 aromatic carbocycles. The van der Waals surface area contributed by atoms with Crippen molar-refractivity contribution >= 4 is 5.91 Å². The van der Waals surface area contributed by atoms with Crippen molar-refractivity contribution in [2.45, 2.75) is 6.54 Å². The van der Waals surface area contributed by atoms with Crippen LogP contribution in [-0.2, 0) is 6.54 Å². The molecule has 1 heterocycles. The van der Waals surface area contributed by atoms with E-state index in [1.807, 2.05) is 6.07 Å². The van der Waals surface area contributed by atoms with E-state index < -0.39 is 0 Å². The van der Waals surface area contributed by atoms with E-state index in [9.17, 15) is 9.90 Å². The summed E-state index contributed by atoms with van der Waals surface area (Å²) in [6.45, 7) is 0.403.